The van der Waals surface area contributed by atoms with Gasteiger partial charge in [-0.3, -0.25) is 13.9 Å². The van der Waals surface area contributed by atoms with Crippen LogP contribution in [0.5, 0.6) is 0 Å². The number of carbonyl (C=O) groups excluding carboxylic acids is 2. The van der Waals surface area contributed by atoms with E-state index in [1.807, 2.05) is 87.5 Å². The molecule has 45 heavy (non-hydrogen) atoms. The molecule has 236 valence electrons. The quantitative estimate of drug-likeness (QED) is 0.147. The Morgan fingerprint density at radius 2 is 1.49 bits per heavy atom. The van der Waals surface area contributed by atoms with Crippen LogP contribution >= 0.6 is 15.9 Å². The van der Waals surface area contributed by atoms with Crippen LogP contribution in [-0.2, 0) is 32.6 Å². The first-order valence-electron chi connectivity index (χ1n) is 15.1. The first-order chi connectivity index (χ1) is 21.6. The molecule has 0 bridgehead atoms. The highest BCUT2D eigenvalue weighted by Crippen LogP contribution is 2.28. The summed E-state index contributed by atoms with van der Waals surface area (Å²) >= 11 is 3.47. The maximum Gasteiger partial charge on any atom is 0.264 e. The molecule has 0 radical (unpaired) electrons. The van der Waals surface area contributed by atoms with E-state index in [1.54, 1.807) is 24.3 Å². The van der Waals surface area contributed by atoms with Gasteiger partial charge in [-0.1, -0.05) is 108 Å². The molecular weight excluding hydrogens is 650 g/mol. The van der Waals surface area contributed by atoms with Crippen LogP contribution < -0.4 is 9.62 Å². The van der Waals surface area contributed by atoms with E-state index in [2.05, 4.69) is 21.2 Å². The Morgan fingerprint density at radius 3 is 2.11 bits per heavy atom. The number of unbranched alkanes of at least 4 members (excludes halogenated alkanes) is 1. The molecule has 0 saturated carbocycles. The predicted molar refractivity (Wildman–Crippen MR) is 183 cm³/mol. The van der Waals surface area contributed by atoms with E-state index < -0.39 is 28.5 Å². The number of aryl methyl sites for hydroxylation is 2. The molecule has 1 atom stereocenters. The van der Waals surface area contributed by atoms with Crippen LogP contribution in [0.2, 0.25) is 0 Å². The summed E-state index contributed by atoms with van der Waals surface area (Å²) in [7, 11) is -4.14. The van der Waals surface area contributed by atoms with Gasteiger partial charge in [0.1, 0.15) is 12.6 Å². The summed E-state index contributed by atoms with van der Waals surface area (Å²) in [6.07, 6.45) is 1.99. The normalized spacial score (nSPS) is 11.9. The molecule has 4 aromatic carbocycles. The van der Waals surface area contributed by atoms with E-state index in [1.165, 1.54) is 21.3 Å². The molecule has 0 aromatic heterocycles. The largest absolute Gasteiger partial charge is 0.354 e. The number of nitrogens with one attached hydrogen (secondary N) is 1. The summed E-state index contributed by atoms with van der Waals surface area (Å²) in [5.41, 5.74) is 3.82. The molecule has 0 unspecified atom stereocenters. The van der Waals surface area contributed by atoms with Crippen molar-refractivity contribution < 1.29 is 18.0 Å². The Kier molecular flexibility index (Phi) is 12.0. The minimum absolute atomic E-state index is 0.0791. The molecule has 7 nitrogen and oxygen atoms in total. The van der Waals surface area contributed by atoms with Crippen molar-refractivity contribution in [2.45, 2.75) is 57.5 Å². The van der Waals surface area contributed by atoms with Gasteiger partial charge >= 0.3 is 0 Å². The minimum Gasteiger partial charge on any atom is -0.354 e. The predicted octanol–water partition coefficient (Wildman–Crippen LogP) is 6.82. The number of anilines is 1. The fourth-order valence-corrected chi connectivity index (χ4v) is 6.93. The minimum atomic E-state index is -4.14. The lowest BCUT2D eigenvalue weighted by Gasteiger charge is -2.34. The number of halogens is 1. The maximum absolute atomic E-state index is 14.6. The molecule has 2 amide bonds. The zero-order valence-electron chi connectivity index (χ0n) is 25.9. The number of sulfonamides is 1. The fraction of sp³-hybridized carbons (Fsp3) is 0.278. The van der Waals surface area contributed by atoms with Gasteiger partial charge in [0.05, 0.1) is 10.6 Å². The third kappa shape index (κ3) is 9.05. The van der Waals surface area contributed by atoms with Crippen molar-refractivity contribution in [3.63, 3.8) is 0 Å². The molecular formula is C36H40BrN3O4S. The topological polar surface area (TPSA) is 86.8 Å². The van der Waals surface area contributed by atoms with Crippen LogP contribution in [0, 0.1) is 13.8 Å². The number of hydrogen-bond donors (Lipinski definition) is 1. The number of rotatable bonds is 14. The van der Waals surface area contributed by atoms with Gasteiger partial charge in [-0.25, -0.2) is 8.42 Å². The summed E-state index contributed by atoms with van der Waals surface area (Å²) in [4.78, 5) is 30.0. The van der Waals surface area contributed by atoms with Crippen molar-refractivity contribution in [2.75, 3.05) is 17.4 Å². The van der Waals surface area contributed by atoms with Gasteiger partial charge in [0.2, 0.25) is 11.8 Å². The second kappa shape index (κ2) is 15.9. The van der Waals surface area contributed by atoms with E-state index in [0.29, 0.717) is 12.2 Å². The summed E-state index contributed by atoms with van der Waals surface area (Å²) in [5.74, 6) is -0.759. The summed E-state index contributed by atoms with van der Waals surface area (Å²) in [6.45, 7) is 5.94. The van der Waals surface area contributed by atoms with Crippen LogP contribution in [0.25, 0.3) is 0 Å². The maximum atomic E-state index is 14.6. The molecule has 4 rings (SSSR count). The lowest BCUT2D eigenvalue weighted by atomic mass is 10.0. The van der Waals surface area contributed by atoms with Crippen molar-refractivity contribution in [3.05, 3.63) is 130 Å². The Hall–Kier alpha value is -3.95. The van der Waals surface area contributed by atoms with E-state index >= 15 is 0 Å². The lowest BCUT2D eigenvalue weighted by Crippen LogP contribution is -2.53. The summed E-state index contributed by atoms with van der Waals surface area (Å²) in [5, 5.41) is 3.02. The Bertz CT molecular complexity index is 1680. The van der Waals surface area contributed by atoms with Crippen molar-refractivity contribution in [3.8, 4) is 0 Å². The number of carbonyl (C=O) groups is 2. The molecule has 0 spiro atoms. The van der Waals surface area contributed by atoms with Crippen molar-refractivity contribution >= 4 is 43.5 Å². The van der Waals surface area contributed by atoms with E-state index in [4.69, 9.17) is 0 Å². The Labute approximate surface area is 275 Å². The molecule has 0 fully saturated rings. The highest BCUT2D eigenvalue weighted by atomic mass is 79.9. The van der Waals surface area contributed by atoms with Gasteiger partial charge in [0, 0.05) is 24.0 Å². The van der Waals surface area contributed by atoms with Crippen molar-refractivity contribution in [1.29, 1.82) is 0 Å². The van der Waals surface area contributed by atoms with Crippen LogP contribution in [0.1, 0.15) is 42.0 Å². The van der Waals surface area contributed by atoms with Gasteiger partial charge < -0.3 is 10.2 Å². The average molecular weight is 691 g/mol. The van der Waals surface area contributed by atoms with E-state index in [-0.39, 0.29) is 23.8 Å². The third-order valence-electron chi connectivity index (χ3n) is 7.60. The van der Waals surface area contributed by atoms with Crippen LogP contribution in [0.4, 0.5) is 5.69 Å². The highest BCUT2D eigenvalue weighted by Gasteiger charge is 2.35. The zero-order chi connectivity index (χ0) is 32.4. The summed E-state index contributed by atoms with van der Waals surface area (Å²) in [6, 6.07) is 29.8. The second-order valence-corrected chi connectivity index (χ2v) is 13.9. The molecule has 1 N–H and O–H groups in total. The smallest absolute Gasteiger partial charge is 0.264 e. The number of amides is 2. The van der Waals surface area contributed by atoms with Gasteiger partial charge in [0.25, 0.3) is 10.0 Å². The van der Waals surface area contributed by atoms with E-state index in [9.17, 15) is 18.0 Å². The van der Waals surface area contributed by atoms with Gasteiger partial charge in [-0.2, -0.15) is 0 Å². The Balaban J connectivity index is 1.80. The number of benzene rings is 4. The van der Waals surface area contributed by atoms with Crippen LogP contribution in [-0.4, -0.2) is 44.3 Å². The first-order valence-corrected chi connectivity index (χ1v) is 17.3. The Morgan fingerprint density at radius 1 is 0.844 bits per heavy atom. The first kappa shape index (κ1) is 33.9. The number of nitrogens with zero attached hydrogens (tertiary/aromatic N) is 2. The molecule has 0 aliphatic heterocycles. The van der Waals surface area contributed by atoms with Gasteiger partial charge in [-0.05, 0) is 67.3 Å². The summed E-state index contributed by atoms with van der Waals surface area (Å²) < 4.78 is 30.4. The van der Waals surface area contributed by atoms with Gasteiger partial charge in [-0.15, -0.1) is 0 Å². The van der Waals surface area contributed by atoms with Crippen molar-refractivity contribution in [2.24, 2.45) is 0 Å². The van der Waals surface area contributed by atoms with Crippen LogP contribution in [0.3, 0.4) is 0 Å². The molecule has 4 aromatic rings. The standard InChI is InChI=1S/C36H40BrN3O4S/c1-4-5-22-38-36(42)34(24-29-12-8-6-9-13-29)39(25-30-17-19-31(37)20-18-30)35(41)26-40(33-21-16-27(2)23-28(33)3)45(43,44)32-14-10-7-11-15-32/h6-21,23,34H,4-5,22,24-26H2,1-3H3,(H,38,42)/t34-/m0/s1. The molecule has 0 aliphatic rings. The third-order valence-corrected chi connectivity index (χ3v) is 9.90. The van der Waals surface area contributed by atoms with E-state index in [0.717, 1.165) is 39.6 Å². The van der Waals surface area contributed by atoms with Crippen molar-refractivity contribution in [1.82, 2.24) is 10.2 Å². The fourth-order valence-electron chi connectivity index (χ4n) is 5.16. The molecule has 0 aliphatic carbocycles. The average Bonchev–Trinajstić information content (AvgIpc) is 3.03. The lowest BCUT2D eigenvalue weighted by molar-refractivity contribution is -0.140. The SMILES string of the molecule is CCCCNC(=O)[C@H](Cc1ccccc1)N(Cc1ccc(Br)cc1)C(=O)CN(c1ccc(C)cc1C)S(=O)(=O)c1ccccc1. The molecule has 9 heteroatoms. The molecule has 0 heterocycles. The number of hydrogen-bond acceptors (Lipinski definition) is 4. The zero-order valence-corrected chi connectivity index (χ0v) is 28.4. The van der Waals surface area contributed by atoms with Gasteiger partial charge in [0.15, 0.2) is 0 Å². The van der Waals surface area contributed by atoms with Crippen LogP contribution in [0.15, 0.2) is 112 Å². The second-order valence-electron chi connectivity index (χ2n) is 11.1. The highest BCUT2D eigenvalue weighted by molar-refractivity contribution is 9.10. The monoisotopic (exact) mass is 689 g/mol. The molecule has 0 saturated heterocycles.